The molecule has 5 nitrogen and oxygen atoms in total. The molecule has 1 fully saturated rings. The van der Waals surface area contributed by atoms with Crippen LogP contribution in [0.5, 0.6) is 0 Å². The maximum absolute atomic E-state index is 10.5. The number of hydrogen-bond donors (Lipinski definition) is 3. The molecule has 0 radical (unpaired) electrons. The Morgan fingerprint density at radius 1 is 1.35 bits per heavy atom. The zero-order valence-corrected chi connectivity index (χ0v) is 14.6. The lowest BCUT2D eigenvalue weighted by Gasteiger charge is -2.27. The molecule has 1 atom stereocenters. The minimum Gasteiger partial charge on any atom is -0.466 e. The molecule has 1 aliphatic rings. The van der Waals surface area contributed by atoms with E-state index in [1.165, 1.54) is 25.7 Å². The molecule has 0 saturated heterocycles. The van der Waals surface area contributed by atoms with Crippen molar-refractivity contribution in [3.05, 3.63) is 24.2 Å². The molecule has 1 aromatic rings. The Morgan fingerprint density at radius 3 is 2.70 bits per heavy atom. The summed E-state index contributed by atoms with van der Waals surface area (Å²) in [5, 5.41) is 17.1. The number of aliphatic imine (C=N–C) groups is 1. The number of rotatable bonds is 6. The Hall–Kier alpha value is -1.49. The zero-order valence-electron chi connectivity index (χ0n) is 14.6. The highest BCUT2D eigenvalue weighted by atomic mass is 16.4. The molecule has 1 heterocycles. The van der Waals surface area contributed by atoms with E-state index in [1.807, 2.05) is 6.92 Å². The second-order valence-electron chi connectivity index (χ2n) is 6.95. The van der Waals surface area contributed by atoms with Gasteiger partial charge in [-0.15, -0.1) is 0 Å². The maximum atomic E-state index is 10.5. The van der Waals surface area contributed by atoms with Crippen molar-refractivity contribution in [3.8, 4) is 0 Å². The molecular formula is C18H31N3O2. The van der Waals surface area contributed by atoms with E-state index < -0.39 is 5.60 Å². The van der Waals surface area contributed by atoms with E-state index >= 15 is 0 Å². The molecule has 0 bridgehead atoms. The van der Waals surface area contributed by atoms with Gasteiger partial charge < -0.3 is 20.2 Å². The second-order valence-corrected chi connectivity index (χ2v) is 6.95. The van der Waals surface area contributed by atoms with Gasteiger partial charge in [-0.2, -0.15) is 0 Å². The highest BCUT2D eigenvalue weighted by Gasteiger charge is 2.26. The van der Waals surface area contributed by atoms with Crippen molar-refractivity contribution >= 4 is 5.96 Å². The Bertz CT molecular complexity index is 474. The van der Waals surface area contributed by atoms with Crippen LogP contribution in [0.1, 0.15) is 52.2 Å². The van der Waals surface area contributed by atoms with Crippen molar-refractivity contribution in [2.45, 2.75) is 52.1 Å². The summed E-state index contributed by atoms with van der Waals surface area (Å²) < 4.78 is 5.30. The van der Waals surface area contributed by atoms with Crippen LogP contribution >= 0.6 is 0 Å². The van der Waals surface area contributed by atoms with Crippen molar-refractivity contribution in [3.63, 3.8) is 0 Å². The van der Waals surface area contributed by atoms with E-state index in [0.717, 1.165) is 30.9 Å². The highest BCUT2D eigenvalue weighted by Crippen LogP contribution is 2.27. The van der Waals surface area contributed by atoms with Gasteiger partial charge in [-0.3, -0.25) is 0 Å². The van der Waals surface area contributed by atoms with E-state index in [-0.39, 0.29) is 6.54 Å². The van der Waals surface area contributed by atoms with Crippen LogP contribution in [0.15, 0.2) is 27.8 Å². The topological polar surface area (TPSA) is 69.8 Å². The van der Waals surface area contributed by atoms with Gasteiger partial charge in [0.2, 0.25) is 0 Å². The lowest BCUT2D eigenvalue weighted by atomic mass is 9.83. The third-order valence-electron chi connectivity index (χ3n) is 4.63. The summed E-state index contributed by atoms with van der Waals surface area (Å²) in [5.41, 5.74) is -1.09. The summed E-state index contributed by atoms with van der Waals surface area (Å²) >= 11 is 0. The fraction of sp³-hybridized carbons (Fsp3) is 0.722. The molecule has 3 N–H and O–H groups in total. The van der Waals surface area contributed by atoms with Gasteiger partial charge >= 0.3 is 0 Å². The van der Waals surface area contributed by atoms with Crippen LogP contribution in [0.3, 0.4) is 0 Å². The molecule has 5 heteroatoms. The summed E-state index contributed by atoms with van der Waals surface area (Å²) in [6.45, 7) is 8.12. The van der Waals surface area contributed by atoms with Gasteiger partial charge in [0.25, 0.3) is 0 Å². The monoisotopic (exact) mass is 321 g/mol. The van der Waals surface area contributed by atoms with Crippen molar-refractivity contribution in [2.24, 2.45) is 16.8 Å². The first-order valence-corrected chi connectivity index (χ1v) is 8.79. The first-order valence-electron chi connectivity index (χ1n) is 8.79. The lowest BCUT2D eigenvalue weighted by molar-refractivity contribution is 0.0437. The zero-order chi connectivity index (χ0) is 16.7. The minimum atomic E-state index is -1.09. The van der Waals surface area contributed by atoms with Crippen molar-refractivity contribution in [2.75, 3.05) is 19.6 Å². The Labute approximate surface area is 139 Å². The van der Waals surface area contributed by atoms with Crippen molar-refractivity contribution in [1.82, 2.24) is 10.6 Å². The number of nitrogens with one attached hydrogen (secondary N) is 2. The smallest absolute Gasteiger partial charge is 0.191 e. The normalized spacial score (nSPS) is 25.0. The van der Waals surface area contributed by atoms with Crippen LogP contribution < -0.4 is 10.6 Å². The predicted octanol–water partition coefficient (Wildman–Crippen LogP) is 2.87. The number of hydrogen-bond acceptors (Lipinski definition) is 3. The molecule has 0 aromatic carbocycles. The Balaban J connectivity index is 1.87. The second kappa shape index (κ2) is 8.39. The van der Waals surface area contributed by atoms with Gasteiger partial charge in [-0.05, 0) is 50.7 Å². The summed E-state index contributed by atoms with van der Waals surface area (Å²) in [7, 11) is 0. The first kappa shape index (κ1) is 17.9. The van der Waals surface area contributed by atoms with Crippen LogP contribution in [0.2, 0.25) is 0 Å². The Morgan fingerprint density at radius 2 is 2.09 bits per heavy atom. The molecule has 2 rings (SSSR count). The van der Waals surface area contributed by atoms with Gasteiger partial charge in [0, 0.05) is 13.1 Å². The van der Waals surface area contributed by atoms with Crippen LogP contribution in [0.4, 0.5) is 0 Å². The van der Waals surface area contributed by atoms with Crippen LogP contribution in [-0.2, 0) is 5.60 Å². The fourth-order valence-electron chi connectivity index (χ4n) is 3.01. The molecule has 1 unspecified atom stereocenters. The van der Waals surface area contributed by atoms with Gasteiger partial charge in [0.1, 0.15) is 11.4 Å². The van der Waals surface area contributed by atoms with E-state index in [9.17, 15) is 5.11 Å². The first-order chi connectivity index (χ1) is 11.0. The van der Waals surface area contributed by atoms with Crippen molar-refractivity contribution in [1.29, 1.82) is 0 Å². The quantitative estimate of drug-likeness (QED) is 0.556. The molecule has 1 aliphatic carbocycles. The number of aliphatic hydroxyl groups is 1. The average molecular weight is 321 g/mol. The Kier molecular flexibility index (Phi) is 6.51. The molecule has 0 spiro atoms. The third-order valence-corrected chi connectivity index (χ3v) is 4.63. The molecule has 130 valence electrons. The fourth-order valence-corrected chi connectivity index (χ4v) is 3.01. The van der Waals surface area contributed by atoms with E-state index in [4.69, 9.17) is 4.42 Å². The van der Waals surface area contributed by atoms with E-state index in [0.29, 0.717) is 5.76 Å². The van der Waals surface area contributed by atoms with Crippen LogP contribution in [0, 0.1) is 11.8 Å². The molecule has 0 amide bonds. The minimum absolute atomic E-state index is 0.261. The predicted molar refractivity (Wildman–Crippen MR) is 93.4 cm³/mol. The van der Waals surface area contributed by atoms with Crippen molar-refractivity contribution < 1.29 is 9.52 Å². The van der Waals surface area contributed by atoms with Gasteiger partial charge in [0.15, 0.2) is 5.96 Å². The third kappa shape index (κ3) is 5.57. The standard InChI is InChI=1S/C18H31N3O2/c1-4-19-17(20-12-15-9-7-14(2)8-10-15)21-13-18(3,22)16-6-5-11-23-16/h5-6,11,14-15,22H,4,7-10,12-13H2,1-3H3,(H2,19,20,21). The van der Waals surface area contributed by atoms with Gasteiger partial charge in [-0.25, -0.2) is 4.99 Å². The van der Waals surface area contributed by atoms with Crippen LogP contribution in [0.25, 0.3) is 0 Å². The number of guanidine groups is 1. The summed E-state index contributed by atoms with van der Waals surface area (Å²) in [6, 6.07) is 3.56. The number of nitrogens with zero attached hydrogens (tertiary/aromatic N) is 1. The van der Waals surface area contributed by atoms with E-state index in [2.05, 4.69) is 22.5 Å². The lowest BCUT2D eigenvalue weighted by Crippen LogP contribution is -2.41. The van der Waals surface area contributed by atoms with Gasteiger partial charge in [-0.1, -0.05) is 19.8 Å². The molecule has 0 aliphatic heterocycles. The summed E-state index contributed by atoms with van der Waals surface area (Å²) in [5.74, 6) is 2.90. The molecular weight excluding hydrogens is 290 g/mol. The van der Waals surface area contributed by atoms with Gasteiger partial charge in [0.05, 0.1) is 12.8 Å². The van der Waals surface area contributed by atoms with E-state index in [1.54, 1.807) is 25.3 Å². The molecule has 1 saturated carbocycles. The molecule has 23 heavy (non-hydrogen) atoms. The summed E-state index contributed by atoms with van der Waals surface area (Å²) in [4.78, 5) is 4.52. The largest absolute Gasteiger partial charge is 0.466 e. The molecule has 1 aromatic heterocycles. The SMILES string of the molecule is CCNC(=NCC(C)(O)c1ccco1)NCC1CCC(C)CC1. The summed E-state index contributed by atoms with van der Waals surface area (Å²) in [6.07, 6.45) is 6.80. The average Bonchev–Trinajstić information content (AvgIpc) is 3.07. The maximum Gasteiger partial charge on any atom is 0.191 e. The number of furan rings is 1. The van der Waals surface area contributed by atoms with Crippen LogP contribution in [-0.4, -0.2) is 30.7 Å². The highest BCUT2D eigenvalue weighted by molar-refractivity contribution is 5.79.